The van der Waals surface area contributed by atoms with Crippen LogP contribution in [0.5, 0.6) is 0 Å². The molecule has 0 heterocycles. The molecule has 208 valence electrons. The third-order valence-electron chi connectivity index (χ3n) is 8.13. The number of benzene rings is 3. The Balaban J connectivity index is 1.48. The summed E-state index contributed by atoms with van der Waals surface area (Å²) in [5.41, 5.74) is 2.91. The zero-order valence-corrected chi connectivity index (χ0v) is 23.3. The molecule has 0 nitrogen and oxygen atoms in total. The Morgan fingerprint density at radius 1 is 0.615 bits per heavy atom. The second-order valence-corrected chi connectivity index (χ2v) is 10.9. The Hall–Kier alpha value is -2.88. The maximum atomic E-state index is 15.2. The van der Waals surface area contributed by atoms with Gasteiger partial charge in [-0.05, 0) is 60.3 Å². The highest BCUT2D eigenvalue weighted by molar-refractivity contribution is 5.74. The molecule has 0 bridgehead atoms. The van der Waals surface area contributed by atoms with E-state index >= 15 is 8.78 Å². The highest BCUT2D eigenvalue weighted by atomic mass is 19.2. The molecule has 0 saturated carbocycles. The van der Waals surface area contributed by atoms with Crippen LogP contribution in [0.3, 0.4) is 0 Å². The van der Waals surface area contributed by atoms with E-state index in [9.17, 15) is 8.78 Å². The second-order valence-electron chi connectivity index (χ2n) is 10.9. The van der Waals surface area contributed by atoms with Crippen molar-refractivity contribution in [3.05, 3.63) is 89.0 Å². The van der Waals surface area contributed by atoms with Gasteiger partial charge in [0.2, 0.25) is 0 Å². The zero-order chi connectivity index (χ0) is 27.8. The molecule has 0 spiro atoms. The van der Waals surface area contributed by atoms with E-state index in [1.807, 2.05) is 0 Å². The van der Waals surface area contributed by atoms with E-state index in [1.165, 1.54) is 25.7 Å². The Kier molecular flexibility index (Phi) is 10.4. The summed E-state index contributed by atoms with van der Waals surface area (Å²) in [4.78, 5) is 0. The van der Waals surface area contributed by atoms with Crippen molar-refractivity contribution in [1.82, 2.24) is 0 Å². The molecular weight excluding hydrogens is 496 g/mol. The lowest BCUT2D eigenvalue weighted by atomic mass is 9.83. The topological polar surface area (TPSA) is 0 Å². The quantitative estimate of drug-likeness (QED) is 0.159. The van der Waals surface area contributed by atoms with Crippen molar-refractivity contribution in [1.29, 1.82) is 0 Å². The van der Waals surface area contributed by atoms with Crippen LogP contribution >= 0.6 is 0 Å². The van der Waals surface area contributed by atoms with Gasteiger partial charge < -0.3 is 0 Å². The Bertz CT molecular complexity index is 1270. The first-order chi connectivity index (χ1) is 18.9. The molecule has 0 aromatic heterocycles. The van der Waals surface area contributed by atoms with Crippen molar-refractivity contribution < 1.29 is 17.6 Å². The second kappa shape index (κ2) is 14.0. The predicted molar refractivity (Wildman–Crippen MR) is 154 cm³/mol. The molecule has 1 unspecified atom stereocenters. The van der Waals surface area contributed by atoms with Gasteiger partial charge in [-0.15, -0.1) is 0 Å². The molecule has 0 N–H and O–H groups in total. The molecule has 0 amide bonds. The standard InChI is InChI=1S/C35H40F4/c1-3-5-7-9-11-28-20-21-29(33(37)32(28)36)26-16-18-27(19-17-26)31-23-22-30(34(38)35(31)39)25-14-12-24(13-15-25)10-8-6-4-2/h14,16-24H,3-13,15H2,1-2H3. The van der Waals surface area contributed by atoms with Gasteiger partial charge in [-0.25, -0.2) is 17.6 Å². The van der Waals surface area contributed by atoms with Crippen molar-refractivity contribution in [2.75, 3.05) is 0 Å². The molecule has 4 rings (SSSR count). The van der Waals surface area contributed by atoms with Crippen LogP contribution in [-0.4, -0.2) is 0 Å². The predicted octanol–water partition coefficient (Wildman–Crippen LogP) is 11.5. The van der Waals surface area contributed by atoms with Crippen molar-refractivity contribution in [3.8, 4) is 22.3 Å². The van der Waals surface area contributed by atoms with Crippen LogP contribution in [0.4, 0.5) is 17.6 Å². The Morgan fingerprint density at radius 2 is 1.18 bits per heavy atom. The molecule has 0 aliphatic heterocycles. The van der Waals surface area contributed by atoms with Crippen molar-refractivity contribution in [3.63, 3.8) is 0 Å². The van der Waals surface area contributed by atoms with Gasteiger partial charge in [0.15, 0.2) is 23.3 Å². The van der Waals surface area contributed by atoms with E-state index < -0.39 is 23.3 Å². The minimum absolute atomic E-state index is 0.158. The summed E-state index contributed by atoms with van der Waals surface area (Å²) in [6, 6.07) is 13.0. The smallest absolute Gasteiger partial charge is 0.167 e. The first-order valence-corrected chi connectivity index (χ1v) is 14.7. The first-order valence-electron chi connectivity index (χ1n) is 14.7. The zero-order valence-electron chi connectivity index (χ0n) is 23.3. The number of halogens is 4. The van der Waals surface area contributed by atoms with Crippen molar-refractivity contribution in [2.24, 2.45) is 5.92 Å². The molecule has 39 heavy (non-hydrogen) atoms. The van der Waals surface area contributed by atoms with E-state index in [1.54, 1.807) is 48.5 Å². The molecule has 1 aliphatic carbocycles. The summed E-state index contributed by atoms with van der Waals surface area (Å²) >= 11 is 0. The minimum atomic E-state index is -0.879. The number of rotatable bonds is 12. The fraction of sp³-hybridized carbons (Fsp3) is 0.429. The van der Waals surface area contributed by atoms with Crippen LogP contribution < -0.4 is 0 Å². The molecule has 1 aliphatic rings. The van der Waals surface area contributed by atoms with Crippen LogP contribution in [0.2, 0.25) is 0 Å². The lowest BCUT2D eigenvalue weighted by Gasteiger charge is -2.22. The van der Waals surface area contributed by atoms with Gasteiger partial charge in [-0.1, -0.05) is 113 Å². The fourth-order valence-electron chi connectivity index (χ4n) is 5.68. The van der Waals surface area contributed by atoms with E-state index in [4.69, 9.17) is 0 Å². The van der Waals surface area contributed by atoms with E-state index in [0.29, 0.717) is 34.6 Å². The van der Waals surface area contributed by atoms with Gasteiger partial charge in [0.1, 0.15) is 0 Å². The van der Waals surface area contributed by atoms with Crippen molar-refractivity contribution in [2.45, 2.75) is 90.9 Å². The van der Waals surface area contributed by atoms with Gasteiger partial charge >= 0.3 is 0 Å². The summed E-state index contributed by atoms with van der Waals surface area (Å²) in [6.45, 7) is 4.31. The molecule has 3 aromatic carbocycles. The molecule has 4 heteroatoms. The van der Waals surface area contributed by atoms with Crippen LogP contribution in [-0.2, 0) is 6.42 Å². The number of allylic oxidation sites excluding steroid dienone is 2. The normalized spacial score (nSPS) is 15.4. The highest BCUT2D eigenvalue weighted by Crippen LogP contribution is 2.37. The lowest BCUT2D eigenvalue weighted by molar-refractivity contribution is 0.427. The summed E-state index contributed by atoms with van der Waals surface area (Å²) in [5, 5.41) is 0. The summed E-state index contributed by atoms with van der Waals surface area (Å²) in [5.74, 6) is -2.75. The average Bonchev–Trinajstić information content (AvgIpc) is 2.96. The van der Waals surface area contributed by atoms with Gasteiger partial charge in [-0.3, -0.25) is 0 Å². The maximum Gasteiger partial charge on any atom is 0.167 e. The number of aryl methyl sites for hydroxylation is 1. The van der Waals surface area contributed by atoms with E-state index in [-0.39, 0.29) is 11.1 Å². The van der Waals surface area contributed by atoms with Crippen LogP contribution in [0.25, 0.3) is 27.8 Å². The monoisotopic (exact) mass is 536 g/mol. The Labute approximate surface area is 231 Å². The average molecular weight is 537 g/mol. The van der Waals surface area contributed by atoms with Gasteiger partial charge in [-0.2, -0.15) is 0 Å². The lowest BCUT2D eigenvalue weighted by Crippen LogP contribution is -2.07. The van der Waals surface area contributed by atoms with E-state index in [2.05, 4.69) is 19.9 Å². The SMILES string of the molecule is CCCCCCc1ccc(-c2ccc(-c3ccc(C4=CCC(CCCCC)CC4)c(F)c3F)cc2)c(F)c1F. The van der Waals surface area contributed by atoms with E-state index in [0.717, 1.165) is 50.5 Å². The first kappa shape index (κ1) is 29.1. The minimum Gasteiger partial charge on any atom is -0.203 e. The Morgan fingerprint density at radius 3 is 1.79 bits per heavy atom. The number of unbranched alkanes of at least 4 members (excludes halogenated alkanes) is 5. The van der Waals surface area contributed by atoms with Gasteiger partial charge in [0.25, 0.3) is 0 Å². The van der Waals surface area contributed by atoms with Crippen LogP contribution in [0, 0.1) is 29.2 Å². The molecule has 3 aromatic rings. The van der Waals surface area contributed by atoms with Crippen LogP contribution in [0.1, 0.15) is 95.6 Å². The third kappa shape index (κ3) is 7.01. The summed E-state index contributed by atoms with van der Waals surface area (Å²) < 4.78 is 60.0. The summed E-state index contributed by atoms with van der Waals surface area (Å²) in [7, 11) is 0. The fourth-order valence-corrected chi connectivity index (χ4v) is 5.68. The molecule has 0 fully saturated rings. The number of hydrogen-bond acceptors (Lipinski definition) is 0. The van der Waals surface area contributed by atoms with Gasteiger partial charge in [0, 0.05) is 16.7 Å². The third-order valence-corrected chi connectivity index (χ3v) is 8.13. The largest absolute Gasteiger partial charge is 0.203 e. The summed E-state index contributed by atoms with van der Waals surface area (Å²) in [6.07, 6.45) is 14.2. The molecular formula is C35H40F4. The van der Waals surface area contributed by atoms with Crippen LogP contribution in [0.15, 0.2) is 54.6 Å². The molecule has 0 saturated heterocycles. The van der Waals surface area contributed by atoms with Crippen molar-refractivity contribution >= 4 is 5.57 Å². The molecule has 1 atom stereocenters. The highest BCUT2D eigenvalue weighted by Gasteiger charge is 2.21. The number of hydrogen-bond donors (Lipinski definition) is 0. The maximum absolute atomic E-state index is 15.2. The van der Waals surface area contributed by atoms with Gasteiger partial charge in [0.05, 0.1) is 0 Å². The molecule has 0 radical (unpaired) electrons.